The maximum Gasteiger partial charge on any atom is 0.573 e. The van der Waals surface area contributed by atoms with E-state index in [9.17, 15) is 13.2 Å². The van der Waals surface area contributed by atoms with Crippen molar-refractivity contribution in [1.82, 2.24) is 4.98 Å². The minimum atomic E-state index is -4.81. The lowest BCUT2D eigenvalue weighted by Crippen LogP contribution is -2.18. The number of nitrogens with zero attached hydrogens (tertiary/aromatic N) is 2. The van der Waals surface area contributed by atoms with Gasteiger partial charge in [-0.2, -0.15) is 5.26 Å². The minimum Gasteiger partial charge on any atom is -0.481 e. The number of rotatable bonds is 3. The van der Waals surface area contributed by atoms with Gasteiger partial charge in [0, 0.05) is 11.6 Å². The lowest BCUT2D eigenvalue weighted by molar-refractivity contribution is -0.275. The molecule has 0 bridgehead atoms. The van der Waals surface area contributed by atoms with Gasteiger partial charge in [0.15, 0.2) is 5.75 Å². The van der Waals surface area contributed by atoms with E-state index < -0.39 is 12.1 Å². The first-order chi connectivity index (χ1) is 7.46. The first kappa shape index (κ1) is 12.1. The molecule has 0 radical (unpaired) electrons. The molecule has 0 unspecified atom stereocenters. The van der Waals surface area contributed by atoms with Gasteiger partial charge in [0.05, 0.1) is 25.8 Å². The summed E-state index contributed by atoms with van der Waals surface area (Å²) in [5.74, 6) is -0.366. The van der Waals surface area contributed by atoms with Crippen LogP contribution in [-0.4, -0.2) is 18.5 Å². The van der Waals surface area contributed by atoms with E-state index in [1.165, 1.54) is 13.2 Å². The van der Waals surface area contributed by atoms with Gasteiger partial charge in [-0.1, -0.05) is 0 Å². The van der Waals surface area contributed by atoms with Crippen molar-refractivity contribution in [3.8, 4) is 17.7 Å². The minimum absolute atomic E-state index is 0.0756. The maximum absolute atomic E-state index is 12.0. The van der Waals surface area contributed by atoms with Crippen molar-refractivity contribution < 1.29 is 22.6 Å². The average molecular weight is 232 g/mol. The molecule has 0 spiro atoms. The Labute approximate surface area is 89.2 Å². The van der Waals surface area contributed by atoms with Crippen LogP contribution in [0.2, 0.25) is 0 Å². The Kier molecular flexibility index (Phi) is 3.55. The second-order valence-corrected chi connectivity index (χ2v) is 2.72. The SMILES string of the molecule is COc1cc(CC#N)c(OC(F)(F)F)cn1. The zero-order valence-electron chi connectivity index (χ0n) is 8.21. The van der Waals surface area contributed by atoms with Gasteiger partial charge in [-0.05, 0) is 0 Å². The highest BCUT2D eigenvalue weighted by atomic mass is 19.4. The molecular formula is C9H7F3N2O2. The standard InChI is InChI=1S/C9H7F3N2O2/c1-15-8-4-6(2-3-13)7(5-14-8)16-9(10,11)12/h4-5H,2H2,1H3. The van der Waals surface area contributed by atoms with Gasteiger partial charge >= 0.3 is 6.36 Å². The van der Waals surface area contributed by atoms with Gasteiger partial charge in [-0.15, -0.1) is 13.2 Å². The molecule has 0 saturated heterocycles. The predicted molar refractivity (Wildman–Crippen MR) is 46.8 cm³/mol. The summed E-state index contributed by atoms with van der Waals surface area (Å²) in [4.78, 5) is 3.57. The van der Waals surface area contributed by atoms with Crippen molar-refractivity contribution in [2.45, 2.75) is 12.8 Å². The normalized spacial score (nSPS) is 10.7. The van der Waals surface area contributed by atoms with E-state index in [2.05, 4.69) is 9.72 Å². The quantitative estimate of drug-likeness (QED) is 0.800. The van der Waals surface area contributed by atoms with Crippen molar-refractivity contribution in [3.63, 3.8) is 0 Å². The number of pyridine rings is 1. The molecule has 0 N–H and O–H groups in total. The lowest BCUT2D eigenvalue weighted by Gasteiger charge is -2.11. The highest BCUT2D eigenvalue weighted by molar-refractivity contribution is 5.36. The monoisotopic (exact) mass is 232 g/mol. The number of halogens is 3. The molecular weight excluding hydrogens is 225 g/mol. The first-order valence-corrected chi connectivity index (χ1v) is 4.12. The smallest absolute Gasteiger partial charge is 0.481 e. The molecule has 0 atom stereocenters. The van der Waals surface area contributed by atoms with E-state index in [1.807, 2.05) is 0 Å². The molecule has 7 heteroatoms. The molecule has 1 rings (SSSR count). The summed E-state index contributed by atoms with van der Waals surface area (Å²) in [6.07, 6.45) is -4.15. The highest BCUT2D eigenvalue weighted by Crippen LogP contribution is 2.27. The number of ether oxygens (including phenoxy) is 2. The van der Waals surface area contributed by atoms with Crippen LogP contribution in [0.25, 0.3) is 0 Å². The molecule has 16 heavy (non-hydrogen) atoms. The Morgan fingerprint density at radius 2 is 2.19 bits per heavy atom. The van der Waals surface area contributed by atoms with Gasteiger partial charge in [-0.3, -0.25) is 0 Å². The average Bonchev–Trinajstić information content (AvgIpc) is 2.19. The van der Waals surface area contributed by atoms with Crippen molar-refractivity contribution in [1.29, 1.82) is 5.26 Å². The van der Waals surface area contributed by atoms with Crippen molar-refractivity contribution in [3.05, 3.63) is 17.8 Å². The van der Waals surface area contributed by atoms with Gasteiger partial charge in [0.25, 0.3) is 0 Å². The number of hydrogen-bond donors (Lipinski definition) is 0. The van der Waals surface area contributed by atoms with Crippen LogP contribution in [0.3, 0.4) is 0 Å². The fourth-order valence-electron chi connectivity index (χ4n) is 1.01. The summed E-state index contributed by atoms with van der Waals surface area (Å²) >= 11 is 0. The van der Waals surface area contributed by atoms with Crippen LogP contribution in [0.4, 0.5) is 13.2 Å². The van der Waals surface area contributed by atoms with E-state index in [0.717, 1.165) is 6.20 Å². The Bertz CT molecular complexity index is 412. The Morgan fingerprint density at radius 3 is 2.69 bits per heavy atom. The molecule has 0 aromatic carbocycles. The topological polar surface area (TPSA) is 55.1 Å². The van der Waals surface area contributed by atoms with Crippen LogP contribution >= 0.6 is 0 Å². The third kappa shape index (κ3) is 3.31. The largest absolute Gasteiger partial charge is 0.573 e. The Morgan fingerprint density at radius 1 is 1.50 bits per heavy atom. The van der Waals surface area contributed by atoms with Crippen LogP contribution < -0.4 is 9.47 Å². The molecule has 0 amide bonds. The molecule has 4 nitrogen and oxygen atoms in total. The molecule has 86 valence electrons. The van der Waals surface area contributed by atoms with Gasteiger partial charge in [0.2, 0.25) is 5.88 Å². The van der Waals surface area contributed by atoms with Crippen LogP contribution in [-0.2, 0) is 6.42 Å². The number of hydrogen-bond acceptors (Lipinski definition) is 4. The van der Waals surface area contributed by atoms with Gasteiger partial charge in [0.1, 0.15) is 0 Å². The Balaban J connectivity index is 3.04. The summed E-state index contributed by atoms with van der Waals surface area (Å²) in [7, 11) is 1.32. The van der Waals surface area contributed by atoms with Crippen molar-refractivity contribution in [2.75, 3.05) is 7.11 Å². The third-order valence-electron chi connectivity index (χ3n) is 1.63. The fourth-order valence-corrected chi connectivity index (χ4v) is 1.01. The first-order valence-electron chi connectivity index (χ1n) is 4.12. The van der Waals surface area contributed by atoms with Crippen LogP contribution in [0.1, 0.15) is 5.56 Å². The highest BCUT2D eigenvalue weighted by Gasteiger charge is 2.32. The molecule has 0 fully saturated rings. The zero-order valence-corrected chi connectivity index (χ0v) is 8.21. The molecule has 0 aliphatic carbocycles. The fraction of sp³-hybridized carbons (Fsp3) is 0.333. The summed E-state index contributed by atoms with van der Waals surface area (Å²) in [6, 6.07) is 2.96. The van der Waals surface area contributed by atoms with Gasteiger partial charge < -0.3 is 9.47 Å². The summed E-state index contributed by atoms with van der Waals surface area (Å²) in [6.45, 7) is 0. The molecule has 1 aromatic heterocycles. The van der Waals surface area contributed by atoms with E-state index in [-0.39, 0.29) is 17.9 Å². The lowest BCUT2D eigenvalue weighted by atomic mass is 10.2. The number of aromatic nitrogens is 1. The van der Waals surface area contributed by atoms with Crippen molar-refractivity contribution in [2.24, 2.45) is 0 Å². The molecule has 0 aliphatic heterocycles. The summed E-state index contributed by atoms with van der Waals surface area (Å²) in [5, 5.41) is 8.46. The van der Waals surface area contributed by atoms with Crippen LogP contribution in [0.5, 0.6) is 11.6 Å². The second kappa shape index (κ2) is 4.70. The zero-order chi connectivity index (χ0) is 12.2. The second-order valence-electron chi connectivity index (χ2n) is 2.72. The van der Waals surface area contributed by atoms with Crippen molar-refractivity contribution >= 4 is 0 Å². The van der Waals surface area contributed by atoms with E-state index in [4.69, 9.17) is 10.00 Å². The Hall–Kier alpha value is -1.97. The predicted octanol–water partition coefficient (Wildman–Crippen LogP) is 2.05. The number of methoxy groups -OCH3 is 1. The maximum atomic E-state index is 12.0. The number of alkyl halides is 3. The third-order valence-corrected chi connectivity index (χ3v) is 1.63. The van der Waals surface area contributed by atoms with E-state index in [1.54, 1.807) is 6.07 Å². The molecule has 1 heterocycles. The summed E-state index contributed by atoms with van der Waals surface area (Å²) in [5.41, 5.74) is 0.0756. The van der Waals surface area contributed by atoms with Crippen LogP contribution in [0.15, 0.2) is 12.3 Å². The van der Waals surface area contributed by atoms with Gasteiger partial charge in [-0.25, -0.2) is 4.98 Å². The molecule has 0 saturated carbocycles. The van der Waals surface area contributed by atoms with E-state index in [0.29, 0.717) is 0 Å². The van der Waals surface area contributed by atoms with E-state index >= 15 is 0 Å². The molecule has 0 aliphatic rings. The summed E-state index contributed by atoms with van der Waals surface area (Å²) < 4.78 is 44.4. The van der Waals surface area contributed by atoms with Crippen LogP contribution in [0, 0.1) is 11.3 Å². The number of nitriles is 1. The molecule has 1 aromatic rings.